The second kappa shape index (κ2) is 2.22. The van der Waals surface area contributed by atoms with E-state index >= 15 is 0 Å². The van der Waals surface area contributed by atoms with Crippen molar-refractivity contribution in [3.05, 3.63) is 0 Å². The van der Waals surface area contributed by atoms with Crippen molar-refractivity contribution in [2.24, 2.45) is 17.3 Å². The van der Waals surface area contributed by atoms with E-state index in [0.29, 0.717) is 11.8 Å². The molecule has 68 valence electrons. The molecule has 1 aliphatic heterocycles. The Morgan fingerprint density at radius 2 is 2.33 bits per heavy atom. The minimum absolute atomic E-state index is 0.381. The van der Waals surface area contributed by atoms with Crippen LogP contribution in [-0.2, 0) is 4.79 Å². The minimum atomic E-state index is -0.588. The third-order valence-electron chi connectivity index (χ3n) is 3.57. The summed E-state index contributed by atoms with van der Waals surface area (Å²) in [4.78, 5) is 13.2. The van der Waals surface area contributed by atoms with Crippen LogP contribution in [0.3, 0.4) is 0 Å². The Bertz CT molecular complexity index is 229. The number of likely N-dealkylation sites (tertiary alicyclic amines) is 1. The van der Waals surface area contributed by atoms with Gasteiger partial charge in [-0.05, 0) is 25.3 Å². The fourth-order valence-electron chi connectivity index (χ4n) is 2.98. The van der Waals surface area contributed by atoms with Crippen LogP contribution in [0.15, 0.2) is 0 Å². The third kappa shape index (κ3) is 0.774. The lowest BCUT2D eigenvalue weighted by Crippen LogP contribution is -2.51. The van der Waals surface area contributed by atoms with Gasteiger partial charge < -0.3 is 10.0 Å². The topological polar surface area (TPSA) is 40.5 Å². The average Bonchev–Trinajstić information content (AvgIpc) is 2.24. The molecule has 1 N–H and O–H groups in total. The second-order valence-electron chi connectivity index (χ2n) is 4.45. The summed E-state index contributed by atoms with van der Waals surface area (Å²) in [5, 5.41) is 9.10. The highest BCUT2D eigenvalue weighted by Crippen LogP contribution is 2.55. The van der Waals surface area contributed by atoms with Crippen molar-refractivity contribution in [3.63, 3.8) is 0 Å². The van der Waals surface area contributed by atoms with Gasteiger partial charge in [-0.2, -0.15) is 0 Å². The van der Waals surface area contributed by atoms with E-state index in [0.717, 1.165) is 19.5 Å². The summed E-state index contributed by atoms with van der Waals surface area (Å²) in [7, 11) is 2.01. The van der Waals surface area contributed by atoms with Gasteiger partial charge in [0, 0.05) is 13.1 Å². The molecule has 0 spiro atoms. The largest absolute Gasteiger partial charge is 0.481 e. The molecule has 1 heterocycles. The minimum Gasteiger partial charge on any atom is -0.481 e. The lowest BCUT2D eigenvalue weighted by atomic mass is 9.56. The van der Waals surface area contributed by atoms with Crippen LogP contribution in [0, 0.1) is 17.3 Å². The van der Waals surface area contributed by atoms with Crippen molar-refractivity contribution < 1.29 is 9.90 Å². The first-order valence-corrected chi connectivity index (χ1v) is 4.48. The predicted octanol–water partition coefficient (Wildman–Crippen LogP) is 0.659. The van der Waals surface area contributed by atoms with Gasteiger partial charge in [0.15, 0.2) is 0 Å². The molecular weight excluding hydrogens is 154 g/mol. The molecule has 0 bridgehead atoms. The summed E-state index contributed by atoms with van der Waals surface area (Å²) in [6, 6.07) is 0. The number of rotatable bonds is 1. The van der Waals surface area contributed by atoms with E-state index in [1.807, 2.05) is 7.05 Å². The van der Waals surface area contributed by atoms with Crippen LogP contribution in [0.4, 0.5) is 0 Å². The van der Waals surface area contributed by atoms with Crippen molar-refractivity contribution in [3.8, 4) is 0 Å². The standard InChI is InChI=1S/C9H15NO2/c1-6-3-9(8(11)12)5-10(2)4-7(6)9/h6-7H,3-5H2,1-2H3,(H,11,12)/t6-,7?,9?/m1/s1. The van der Waals surface area contributed by atoms with Gasteiger partial charge in [0.2, 0.25) is 0 Å². The number of hydrogen-bond donors (Lipinski definition) is 1. The fraction of sp³-hybridized carbons (Fsp3) is 0.889. The molecule has 1 saturated carbocycles. The zero-order valence-electron chi connectivity index (χ0n) is 7.58. The maximum absolute atomic E-state index is 11.0. The Kier molecular flexibility index (Phi) is 1.49. The molecule has 0 amide bonds. The van der Waals surface area contributed by atoms with Crippen LogP contribution in [0.1, 0.15) is 13.3 Å². The maximum atomic E-state index is 11.0. The molecule has 0 aromatic carbocycles. The van der Waals surface area contributed by atoms with Crippen LogP contribution in [0.25, 0.3) is 0 Å². The molecule has 2 rings (SSSR count). The Morgan fingerprint density at radius 1 is 1.67 bits per heavy atom. The van der Waals surface area contributed by atoms with Crippen molar-refractivity contribution in [1.82, 2.24) is 4.90 Å². The maximum Gasteiger partial charge on any atom is 0.311 e. The van der Waals surface area contributed by atoms with Gasteiger partial charge in [-0.15, -0.1) is 0 Å². The second-order valence-corrected chi connectivity index (χ2v) is 4.45. The molecule has 0 aromatic rings. The lowest BCUT2D eigenvalue weighted by molar-refractivity contribution is -0.161. The summed E-state index contributed by atoms with van der Waals surface area (Å²) in [6.45, 7) is 3.87. The molecule has 3 nitrogen and oxygen atoms in total. The molecule has 12 heavy (non-hydrogen) atoms. The zero-order valence-corrected chi connectivity index (χ0v) is 7.58. The molecular formula is C9H15NO2. The molecule has 3 heteroatoms. The Morgan fingerprint density at radius 3 is 2.75 bits per heavy atom. The Hall–Kier alpha value is -0.570. The van der Waals surface area contributed by atoms with Crippen molar-refractivity contribution in [2.75, 3.05) is 20.1 Å². The first-order valence-electron chi connectivity index (χ1n) is 4.48. The van der Waals surface area contributed by atoms with Crippen molar-refractivity contribution in [1.29, 1.82) is 0 Å². The first-order chi connectivity index (χ1) is 5.56. The Balaban J connectivity index is 2.22. The number of hydrogen-bond acceptors (Lipinski definition) is 2. The van der Waals surface area contributed by atoms with E-state index in [1.54, 1.807) is 0 Å². The van der Waals surface area contributed by atoms with Gasteiger partial charge in [0.1, 0.15) is 0 Å². The van der Waals surface area contributed by atoms with Crippen molar-refractivity contribution >= 4 is 5.97 Å². The number of carbonyl (C=O) groups is 1. The molecule has 0 radical (unpaired) electrons. The summed E-state index contributed by atoms with van der Waals surface area (Å²) in [5.74, 6) is 0.418. The van der Waals surface area contributed by atoms with Gasteiger partial charge in [-0.3, -0.25) is 4.79 Å². The van der Waals surface area contributed by atoms with E-state index in [2.05, 4.69) is 11.8 Å². The molecule has 1 saturated heterocycles. The fourth-order valence-corrected chi connectivity index (χ4v) is 2.98. The molecule has 2 unspecified atom stereocenters. The molecule has 1 aliphatic carbocycles. The highest BCUT2D eigenvalue weighted by atomic mass is 16.4. The van der Waals surface area contributed by atoms with Gasteiger partial charge in [0.05, 0.1) is 5.41 Å². The van der Waals surface area contributed by atoms with Crippen LogP contribution in [0.5, 0.6) is 0 Å². The number of fused-ring (bicyclic) bond motifs is 1. The number of carboxylic acid groups (broad SMARTS) is 1. The quantitative estimate of drug-likeness (QED) is 0.627. The summed E-state index contributed by atoms with van der Waals surface area (Å²) < 4.78 is 0. The summed E-state index contributed by atoms with van der Waals surface area (Å²) in [5.41, 5.74) is -0.381. The molecule has 2 fully saturated rings. The monoisotopic (exact) mass is 169 g/mol. The van der Waals surface area contributed by atoms with Crippen LogP contribution < -0.4 is 0 Å². The van der Waals surface area contributed by atoms with Crippen LogP contribution in [0.2, 0.25) is 0 Å². The third-order valence-corrected chi connectivity index (χ3v) is 3.57. The van der Waals surface area contributed by atoms with E-state index in [-0.39, 0.29) is 5.41 Å². The number of nitrogens with zero attached hydrogens (tertiary/aromatic N) is 1. The number of aliphatic carboxylic acids is 1. The van der Waals surface area contributed by atoms with Gasteiger partial charge in [-0.25, -0.2) is 0 Å². The zero-order chi connectivity index (χ0) is 8.93. The van der Waals surface area contributed by atoms with Gasteiger partial charge in [0.25, 0.3) is 0 Å². The van der Waals surface area contributed by atoms with Crippen LogP contribution in [-0.4, -0.2) is 36.1 Å². The highest BCUT2D eigenvalue weighted by molar-refractivity contribution is 5.77. The Labute approximate surface area is 72.4 Å². The van der Waals surface area contributed by atoms with E-state index in [9.17, 15) is 4.79 Å². The van der Waals surface area contributed by atoms with Crippen molar-refractivity contribution in [2.45, 2.75) is 13.3 Å². The summed E-state index contributed by atoms with van der Waals surface area (Å²) in [6.07, 6.45) is 0.872. The predicted molar refractivity (Wildman–Crippen MR) is 44.8 cm³/mol. The average molecular weight is 169 g/mol. The molecule has 3 atom stereocenters. The van der Waals surface area contributed by atoms with E-state index in [1.165, 1.54) is 0 Å². The van der Waals surface area contributed by atoms with Gasteiger partial charge in [-0.1, -0.05) is 6.92 Å². The SMILES string of the molecule is C[C@@H]1CC2(C(=O)O)CN(C)CC12. The van der Waals surface area contributed by atoms with Crippen LogP contribution >= 0.6 is 0 Å². The summed E-state index contributed by atoms with van der Waals surface area (Å²) >= 11 is 0. The smallest absolute Gasteiger partial charge is 0.311 e. The highest BCUT2D eigenvalue weighted by Gasteiger charge is 2.61. The first kappa shape index (κ1) is 8.05. The lowest BCUT2D eigenvalue weighted by Gasteiger charge is -2.46. The van der Waals surface area contributed by atoms with Gasteiger partial charge >= 0.3 is 5.97 Å². The van der Waals surface area contributed by atoms with E-state index < -0.39 is 5.97 Å². The molecule has 2 aliphatic rings. The molecule has 0 aromatic heterocycles. The number of carboxylic acids is 1. The normalized spacial score (nSPS) is 46.8. The van der Waals surface area contributed by atoms with E-state index in [4.69, 9.17) is 5.11 Å².